The van der Waals surface area contributed by atoms with Gasteiger partial charge in [-0.05, 0) is 18.2 Å². The summed E-state index contributed by atoms with van der Waals surface area (Å²) in [6.07, 6.45) is 0. The Morgan fingerprint density at radius 2 is 1.72 bits per heavy atom. The Morgan fingerprint density at radius 1 is 1.08 bits per heavy atom. The number of nitro groups is 1. The summed E-state index contributed by atoms with van der Waals surface area (Å²) in [6.45, 7) is 0. The van der Waals surface area contributed by atoms with Crippen molar-refractivity contribution in [1.82, 2.24) is 4.98 Å². The normalized spacial score (nSPS) is 10.2. The number of hydrogen-bond acceptors (Lipinski definition) is 5. The predicted octanol–water partition coefficient (Wildman–Crippen LogP) is 4.43. The van der Waals surface area contributed by atoms with Gasteiger partial charge in [-0.1, -0.05) is 41.9 Å². The number of nitro benzene ring substituents is 1. The van der Waals surface area contributed by atoms with Crippen LogP contribution in [0.5, 0.6) is 0 Å². The van der Waals surface area contributed by atoms with E-state index in [-0.39, 0.29) is 17.1 Å². The highest BCUT2D eigenvalue weighted by Gasteiger charge is 2.21. The molecule has 3 rings (SSSR count). The Kier molecular flexibility index (Phi) is 4.33. The highest BCUT2D eigenvalue weighted by molar-refractivity contribution is 6.33. The SMILES string of the molecule is N#Cc1c(-c2ccccc2[N+](=O)[O-])cc(-c2ccccc2Cl)nc1N. The second kappa shape index (κ2) is 6.59. The van der Waals surface area contributed by atoms with Gasteiger partial charge in [0.05, 0.1) is 16.2 Å². The van der Waals surface area contributed by atoms with Gasteiger partial charge in [0.15, 0.2) is 0 Å². The quantitative estimate of drug-likeness (QED) is 0.555. The molecule has 2 N–H and O–H groups in total. The molecule has 0 atom stereocenters. The Balaban J connectivity index is 2.33. The fraction of sp³-hybridized carbons (Fsp3) is 0. The fourth-order valence-corrected chi connectivity index (χ4v) is 2.79. The van der Waals surface area contributed by atoms with Gasteiger partial charge >= 0.3 is 0 Å². The van der Waals surface area contributed by atoms with Gasteiger partial charge in [-0.2, -0.15) is 5.26 Å². The zero-order valence-corrected chi connectivity index (χ0v) is 13.6. The van der Waals surface area contributed by atoms with Gasteiger partial charge in [0.25, 0.3) is 5.69 Å². The number of nitrogen functional groups attached to an aromatic ring is 1. The van der Waals surface area contributed by atoms with Crippen molar-refractivity contribution in [3.63, 3.8) is 0 Å². The van der Waals surface area contributed by atoms with Crippen LogP contribution in [0.3, 0.4) is 0 Å². The number of nitrogens with two attached hydrogens (primary N) is 1. The van der Waals surface area contributed by atoms with E-state index < -0.39 is 4.92 Å². The molecule has 7 heteroatoms. The molecule has 122 valence electrons. The number of nitriles is 1. The standard InChI is InChI=1S/C18H11ClN4O2/c19-15-7-3-1-6-12(15)16-9-13(14(10-20)18(21)22-16)11-5-2-4-8-17(11)23(24)25/h1-9H,(H2,21,22). The highest BCUT2D eigenvalue weighted by atomic mass is 35.5. The molecule has 2 aromatic carbocycles. The van der Waals surface area contributed by atoms with E-state index in [0.29, 0.717) is 27.4 Å². The molecule has 6 nitrogen and oxygen atoms in total. The van der Waals surface area contributed by atoms with E-state index in [1.165, 1.54) is 6.07 Å². The second-order valence-corrected chi connectivity index (χ2v) is 5.59. The molecular formula is C18H11ClN4O2. The van der Waals surface area contributed by atoms with E-state index in [1.807, 2.05) is 6.07 Å². The van der Waals surface area contributed by atoms with Gasteiger partial charge in [0.1, 0.15) is 17.5 Å². The largest absolute Gasteiger partial charge is 0.383 e. The van der Waals surface area contributed by atoms with Gasteiger partial charge in [0, 0.05) is 22.2 Å². The summed E-state index contributed by atoms with van der Waals surface area (Å²) >= 11 is 6.21. The topological polar surface area (TPSA) is 106 Å². The van der Waals surface area contributed by atoms with Crippen molar-refractivity contribution in [2.75, 3.05) is 5.73 Å². The van der Waals surface area contributed by atoms with Crippen LogP contribution in [0.4, 0.5) is 11.5 Å². The number of para-hydroxylation sites is 1. The minimum absolute atomic E-state index is 0.00642. The minimum Gasteiger partial charge on any atom is -0.383 e. The average Bonchev–Trinajstić information content (AvgIpc) is 2.61. The minimum atomic E-state index is -0.498. The van der Waals surface area contributed by atoms with E-state index in [9.17, 15) is 15.4 Å². The van der Waals surface area contributed by atoms with Crippen LogP contribution in [0.1, 0.15) is 5.56 Å². The monoisotopic (exact) mass is 350 g/mol. The number of anilines is 1. The number of pyridine rings is 1. The molecule has 25 heavy (non-hydrogen) atoms. The lowest BCUT2D eigenvalue weighted by molar-refractivity contribution is -0.384. The number of rotatable bonds is 3. The van der Waals surface area contributed by atoms with Crippen molar-refractivity contribution < 1.29 is 4.92 Å². The van der Waals surface area contributed by atoms with Crippen LogP contribution in [0.15, 0.2) is 54.6 Å². The van der Waals surface area contributed by atoms with Crippen molar-refractivity contribution in [3.05, 3.63) is 75.3 Å². The summed E-state index contributed by atoms with van der Waals surface area (Å²) in [5.41, 5.74) is 7.62. The van der Waals surface area contributed by atoms with Gasteiger partial charge in [0.2, 0.25) is 0 Å². The lowest BCUT2D eigenvalue weighted by Crippen LogP contribution is -2.01. The third-order valence-corrected chi connectivity index (χ3v) is 4.03. The molecule has 1 aromatic heterocycles. The summed E-state index contributed by atoms with van der Waals surface area (Å²) in [4.78, 5) is 15.1. The first-order chi connectivity index (χ1) is 12.0. The molecule has 0 fully saturated rings. The maximum atomic E-state index is 11.3. The molecule has 0 radical (unpaired) electrons. The maximum Gasteiger partial charge on any atom is 0.277 e. The molecule has 0 saturated heterocycles. The first kappa shape index (κ1) is 16.4. The van der Waals surface area contributed by atoms with E-state index in [2.05, 4.69) is 4.98 Å². The van der Waals surface area contributed by atoms with Crippen molar-refractivity contribution in [2.45, 2.75) is 0 Å². The van der Waals surface area contributed by atoms with Crippen molar-refractivity contribution in [1.29, 1.82) is 5.26 Å². The highest BCUT2D eigenvalue weighted by Crippen LogP contribution is 2.37. The second-order valence-electron chi connectivity index (χ2n) is 5.18. The first-order valence-electron chi connectivity index (χ1n) is 7.22. The van der Waals surface area contributed by atoms with E-state index in [1.54, 1.807) is 48.5 Å². The van der Waals surface area contributed by atoms with Crippen LogP contribution >= 0.6 is 11.6 Å². The molecule has 0 bridgehead atoms. The lowest BCUT2D eigenvalue weighted by Gasteiger charge is -2.11. The van der Waals surface area contributed by atoms with E-state index in [4.69, 9.17) is 17.3 Å². The summed E-state index contributed by atoms with van der Waals surface area (Å²) < 4.78 is 0. The third kappa shape index (κ3) is 3.01. The summed E-state index contributed by atoms with van der Waals surface area (Å²) in [6, 6.07) is 16.8. The molecular weight excluding hydrogens is 340 g/mol. The van der Waals surface area contributed by atoms with Crippen LogP contribution in [-0.4, -0.2) is 9.91 Å². The third-order valence-electron chi connectivity index (χ3n) is 3.70. The molecule has 3 aromatic rings. The molecule has 0 aliphatic rings. The zero-order valence-electron chi connectivity index (χ0n) is 12.8. The van der Waals surface area contributed by atoms with Crippen LogP contribution in [-0.2, 0) is 0 Å². The molecule has 1 heterocycles. The molecule has 0 aliphatic carbocycles. The van der Waals surface area contributed by atoms with E-state index >= 15 is 0 Å². The van der Waals surface area contributed by atoms with Crippen LogP contribution < -0.4 is 5.73 Å². The Labute approximate surface area is 148 Å². The molecule has 0 saturated carbocycles. The van der Waals surface area contributed by atoms with Crippen LogP contribution in [0.2, 0.25) is 5.02 Å². The number of hydrogen-bond donors (Lipinski definition) is 1. The van der Waals surface area contributed by atoms with Crippen LogP contribution in [0, 0.1) is 21.4 Å². The first-order valence-corrected chi connectivity index (χ1v) is 7.60. The average molecular weight is 351 g/mol. The number of aromatic nitrogens is 1. The number of nitrogens with zero attached hydrogens (tertiary/aromatic N) is 3. The number of halogens is 1. The van der Waals surface area contributed by atoms with Crippen molar-refractivity contribution in [2.24, 2.45) is 0 Å². The summed E-state index contributed by atoms with van der Waals surface area (Å²) in [5.74, 6) is -0.00642. The zero-order chi connectivity index (χ0) is 18.0. The van der Waals surface area contributed by atoms with E-state index in [0.717, 1.165) is 0 Å². The molecule has 0 spiro atoms. The van der Waals surface area contributed by atoms with Crippen molar-refractivity contribution >= 4 is 23.1 Å². The summed E-state index contributed by atoms with van der Waals surface area (Å²) in [7, 11) is 0. The van der Waals surface area contributed by atoms with Gasteiger partial charge in [-0.25, -0.2) is 4.98 Å². The maximum absolute atomic E-state index is 11.3. The summed E-state index contributed by atoms with van der Waals surface area (Å²) in [5, 5.41) is 21.2. The molecule has 0 amide bonds. The Hall–Kier alpha value is -3.43. The number of benzene rings is 2. The molecule has 0 unspecified atom stereocenters. The predicted molar refractivity (Wildman–Crippen MR) is 95.9 cm³/mol. The van der Waals surface area contributed by atoms with Gasteiger partial charge < -0.3 is 5.73 Å². The fourth-order valence-electron chi connectivity index (χ4n) is 2.56. The van der Waals surface area contributed by atoms with Crippen LogP contribution in [0.25, 0.3) is 22.4 Å². The lowest BCUT2D eigenvalue weighted by atomic mass is 9.97. The smallest absolute Gasteiger partial charge is 0.277 e. The van der Waals surface area contributed by atoms with Crippen molar-refractivity contribution in [3.8, 4) is 28.5 Å². The van der Waals surface area contributed by atoms with Gasteiger partial charge in [-0.3, -0.25) is 10.1 Å². The van der Waals surface area contributed by atoms with Gasteiger partial charge in [-0.15, -0.1) is 0 Å². The molecule has 0 aliphatic heterocycles. The Morgan fingerprint density at radius 3 is 2.36 bits per heavy atom. The Bertz CT molecular complexity index is 1030.